The molecule has 0 spiro atoms. The minimum Gasteiger partial charge on any atom is -0.465 e. The van der Waals surface area contributed by atoms with Crippen molar-refractivity contribution in [2.75, 3.05) is 7.11 Å². The summed E-state index contributed by atoms with van der Waals surface area (Å²) < 4.78 is 17.9. The van der Waals surface area contributed by atoms with E-state index in [1.165, 1.54) is 58.5 Å². The highest BCUT2D eigenvalue weighted by Gasteiger charge is 2.47. The lowest BCUT2D eigenvalue weighted by Crippen LogP contribution is -2.55. The summed E-state index contributed by atoms with van der Waals surface area (Å²) in [5.41, 5.74) is 0. The second-order valence-corrected chi connectivity index (χ2v) is 20.4. The van der Waals surface area contributed by atoms with Crippen LogP contribution >= 0.6 is 0 Å². The van der Waals surface area contributed by atoms with Gasteiger partial charge in [0.05, 0.1) is 7.11 Å². The first-order valence-electron chi connectivity index (χ1n) is 13.2. The van der Waals surface area contributed by atoms with Gasteiger partial charge in [-0.3, -0.25) is 0 Å². The van der Waals surface area contributed by atoms with Crippen molar-refractivity contribution in [3.63, 3.8) is 0 Å². The van der Waals surface area contributed by atoms with Crippen LogP contribution in [0.25, 0.3) is 0 Å². The molecule has 0 N–H and O–H groups in total. The van der Waals surface area contributed by atoms with Gasteiger partial charge in [0.2, 0.25) is 0 Å². The fraction of sp³-hybridized carbons (Fsp3) is 0.815. The summed E-state index contributed by atoms with van der Waals surface area (Å²) in [6.07, 6.45) is 22.3. The van der Waals surface area contributed by atoms with Crippen LogP contribution in [0.5, 0.6) is 0 Å². The van der Waals surface area contributed by atoms with E-state index >= 15 is 0 Å². The Hall–Kier alpha value is -0.696. The highest BCUT2D eigenvalue weighted by Crippen LogP contribution is 2.36. The van der Waals surface area contributed by atoms with Crippen LogP contribution in [0.2, 0.25) is 39.3 Å². The molecule has 0 aromatic carbocycles. The Balaban J connectivity index is 2.67. The number of carbonyl (C=O) groups excluding carboxylic acids is 1. The van der Waals surface area contributed by atoms with Gasteiger partial charge in [0.15, 0.2) is 16.6 Å². The van der Waals surface area contributed by atoms with E-state index in [0.717, 1.165) is 24.7 Å². The van der Waals surface area contributed by atoms with Crippen molar-refractivity contribution in [3.05, 3.63) is 24.3 Å². The van der Waals surface area contributed by atoms with Crippen LogP contribution in [0.15, 0.2) is 24.3 Å². The topological polar surface area (TPSA) is 44.8 Å². The number of ether oxygens (including phenoxy) is 1. The Labute approximate surface area is 206 Å². The average molecular weight is 497 g/mol. The number of methoxy groups -OCH3 is 1. The SMILES string of the molecule is CCCCCC/C=C/[C@H]1CCC[C@@H]1C/C=C\CCC(O[Si](C)(C)C)(O[Si](C)(C)C)C(=O)OC. The summed E-state index contributed by atoms with van der Waals surface area (Å²) in [4.78, 5) is 12.8. The second kappa shape index (κ2) is 14.6. The maximum atomic E-state index is 12.8. The summed E-state index contributed by atoms with van der Waals surface area (Å²) in [5.74, 6) is -0.221. The van der Waals surface area contributed by atoms with Gasteiger partial charge in [0.25, 0.3) is 5.79 Å². The number of hydrogen-bond donors (Lipinski definition) is 0. The van der Waals surface area contributed by atoms with E-state index in [2.05, 4.69) is 70.5 Å². The highest BCUT2D eigenvalue weighted by molar-refractivity contribution is 6.71. The summed E-state index contributed by atoms with van der Waals surface area (Å²) in [7, 11) is -2.64. The van der Waals surface area contributed by atoms with Crippen LogP contribution in [0.4, 0.5) is 0 Å². The van der Waals surface area contributed by atoms with Gasteiger partial charge in [0, 0.05) is 6.42 Å². The number of allylic oxidation sites excluding steroid dienone is 4. The smallest absolute Gasteiger partial charge is 0.364 e. The molecule has 1 fully saturated rings. The molecule has 0 radical (unpaired) electrons. The molecule has 6 heteroatoms. The van der Waals surface area contributed by atoms with Crippen molar-refractivity contribution in [3.8, 4) is 0 Å². The molecule has 0 bridgehead atoms. The van der Waals surface area contributed by atoms with Crippen LogP contribution < -0.4 is 0 Å². The first kappa shape index (κ1) is 30.3. The molecular weight excluding hydrogens is 444 g/mol. The van der Waals surface area contributed by atoms with E-state index in [1.54, 1.807) is 0 Å². The number of rotatable bonds is 16. The number of unbranched alkanes of at least 4 members (excludes halogenated alkanes) is 4. The summed E-state index contributed by atoms with van der Waals surface area (Å²) in [5, 5.41) is 0. The van der Waals surface area contributed by atoms with Crippen molar-refractivity contribution in [2.45, 2.75) is 123 Å². The van der Waals surface area contributed by atoms with E-state index in [1.807, 2.05) is 0 Å². The lowest BCUT2D eigenvalue weighted by atomic mass is 9.92. The lowest BCUT2D eigenvalue weighted by Gasteiger charge is -2.40. The maximum absolute atomic E-state index is 12.8. The van der Waals surface area contributed by atoms with E-state index in [0.29, 0.717) is 6.42 Å². The largest absolute Gasteiger partial charge is 0.465 e. The summed E-state index contributed by atoms with van der Waals surface area (Å²) in [6.45, 7) is 14.8. The van der Waals surface area contributed by atoms with Gasteiger partial charge in [-0.15, -0.1) is 0 Å². The van der Waals surface area contributed by atoms with Crippen molar-refractivity contribution in [1.29, 1.82) is 0 Å². The molecule has 0 amide bonds. The highest BCUT2D eigenvalue weighted by atomic mass is 28.4. The van der Waals surface area contributed by atoms with Crippen molar-refractivity contribution < 1.29 is 18.4 Å². The second-order valence-electron chi connectivity index (χ2n) is 11.6. The molecule has 1 rings (SSSR count). The average Bonchev–Trinajstić information content (AvgIpc) is 3.14. The third-order valence-corrected chi connectivity index (χ3v) is 7.89. The molecule has 2 atom stereocenters. The zero-order valence-corrected chi connectivity index (χ0v) is 24.9. The molecule has 0 unspecified atom stereocenters. The summed E-state index contributed by atoms with van der Waals surface area (Å²) in [6, 6.07) is 0. The molecule has 0 aromatic heterocycles. The number of esters is 1. The van der Waals surface area contributed by atoms with Gasteiger partial charge < -0.3 is 13.6 Å². The maximum Gasteiger partial charge on any atom is 0.364 e. The Bertz CT molecular complexity index is 601. The van der Waals surface area contributed by atoms with Gasteiger partial charge in [-0.25, -0.2) is 4.79 Å². The molecular formula is C27H52O4Si2. The molecule has 0 saturated heterocycles. The van der Waals surface area contributed by atoms with Gasteiger partial charge in [-0.1, -0.05) is 56.9 Å². The zero-order chi connectivity index (χ0) is 25.0. The van der Waals surface area contributed by atoms with Crippen LogP contribution in [0.1, 0.15) is 77.6 Å². The molecule has 4 nitrogen and oxygen atoms in total. The van der Waals surface area contributed by atoms with Gasteiger partial charge in [-0.2, -0.15) is 0 Å². The molecule has 1 aliphatic rings. The predicted molar refractivity (Wildman–Crippen MR) is 145 cm³/mol. The Morgan fingerprint density at radius 2 is 1.58 bits per heavy atom. The third-order valence-electron chi connectivity index (χ3n) is 6.01. The fourth-order valence-corrected chi connectivity index (χ4v) is 7.20. The molecule has 0 heterocycles. The normalized spacial score (nSPS) is 20.2. The van der Waals surface area contributed by atoms with Crippen molar-refractivity contribution >= 4 is 22.6 Å². The van der Waals surface area contributed by atoms with E-state index in [4.69, 9.17) is 13.6 Å². The minimum atomic E-state index is -2.03. The molecule has 0 aromatic rings. The number of carbonyl (C=O) groups is 1. The van der Waals surface area contributed by atoms with Gasteiger partial charge >= 0.3 is 5.97 Å². The van der Waals surface area contributed by atoms with Crippen molar-refractivity contribution in [2.24, 2.45) is 11.8 Å². The molecule has 1 aliphatic carbocycles. The fourth-order valence-electron chi connectivity index (χ4n) is 4.69. The minimum absolute atomic E-state index is 0.402. The van der Waals surface area contributed by atoms with Gasteiger partial charge in [0.1, 0.15) is 0 Å². The van der Waals surface area contributed by atoms with Crippen LogP contribution in [-0.2, 0) is 18.4 Å². The van der Waals surface area contributed by atoms with E-state index in [9.17, 15) is 4.79 Å². The first-order chi connectivity index (χ1) is 15.4. The number of hydrogen-bond acceptors (Lipinski definition) is 4. The molecule has 192 valence electrons. The Kier molecular flexibility index (Phi) is 13.5. The van der Waals surface area contributed by atoms with Crippen LogP contribution in [0, 0.1) is 11.8 Å². The first-order valence-corrected chi connectivity index (χ1v) is 20.0. The van der Waals surface area contributed by atoms with Crippen molar-refractivity contribution in [1.82, 2.24) is 0 Å². The lowest BCUT2D eigenvalue weighted by molar-refractivity contribution is -0.195. The van der Waals surface area contributed by atoms with E-state index < -0.39 is 28.4 Å². The van der Waals surface area contributed by atoms with Crippen LogP contribution in [0.3, 0.4) is 0 Å². The van der Waals surface area contributed by atoms with Crippen LogP contribution in [-0.4, -0.2) is 35.5 Å². The zero-order valence-electron chi connectivity index (χ0n) is 22.9. The summed E-state index contributed by atoms with van der Waals surface area (Å²) >= 11 is 0. The Morgan fingerprint density at radius 3 is 2.15 bits per heavy atom. The Morgan fingerprint density at radius 1 is 0.909 bits per heavy atom. The predicted octanol–water partition coefficient (Wildman–Crippen LogP) is 8.23. The standard InChI is InChI=1S/C27H52O4Si2/c1-9-10-11-12-13-15-19-24-21-18-22-25(24)20-16-14-17-23-27(26(28)29-2,30-32(3,4)5)31-33(6,7)8/h14-16,19,24-25H,9-13,17-18,20-23H2,1-8H3/b16-14-,19-15+/t24-,25-/m0/s1. The third kappa shape index (κ3) is 12.5. The molecule has 33 heavy (non-hydrogen) atoms. The monoisotopic (exact) mass is 496 g/mol. The molecule has 0 aliphatic heterocycles. The van der Waals surface area contributed by atoms with E-state index in [-0.39, 0.29) is 0 Å². The molecule has 1 saturated carbocycles. The quantitative estimate of drug-likeness (QED) is 0.0709. The van der Waals surface area contributed by atoms with Gasteiger partial charge in [-0.05, 0) is 89.6 Å².